The highest BCUT2D eigenvalue weighted by molar-refractivity contribution is 6.31. The zero-order valence-electron chi connectivity index (χ0n) is 9.16. The van der Waals surface area contributed by atoms with Gasteiger partial charge in [0, 0.05) is 16.5 Å². The standard InChI is InChI=1S/C13H15ClNO/c14-13-8-4-3-7-12(13)10-16-15-9-11-5-1-2-6-11/h3-4,7-8,11H,1-2,5-6,10H2. The predicted octanol–water partition coefficient (Wildman–Crippen LogP) is 3.91. The highest BCUT2D eigenvalue weighted by Gasteiger charge is 2.13. The van der Waals surface area contributed by atoms with Gasteiger partial charge in [-0.3, -0.25) is 0 Å². The van der Waals surface area contributed by atoms with E-state index in [2.05, 4.69) is 11.4 Å². The molecule has 2 nitrogen and oxygen atoms in total. The van der Waals surface area contributed by atoms with Crippen molar-refractivity contribution in [1.82, 2.24) is 0 Å². The first-order valence-electron chi connectivity index (χ1n) is 5.67. The molecular formula is C13H15ClNO. The summed E-state index contributed by atoms with van der Waals surface area (Å²) < 4.78 is 0. The Morgan fingerprint density at radius 2 is 2.06 bits per heavy atom. The van der Waals surface area contributed by atoms with E-state index in [9.17, 15) is 0 Å². The smallest absolute Gasteiger partial charge is 0.143 e. The van der Waals surface area contributed by atoms with Gasteiger partial charge < -0.3 is 4.84 Å². The predicted molar refractivity (Wildman–Crippen MR) is 65.6 cm³/mol. The third-order valence-electron chi connectivity index (χ3n) is 2.83. The zero-order chi connectivity index (χ0) is 11.2. The highest BCUT2D eigenvalue weighted by atomic mass is 35.5. The van der Waals surface area contributed by atoms with Gasteiger partial charge in [-0.05, 0) is 18.9 Å². The van der Waals surface area contributed by atoms with Crippen LogP contribution in [0.15, 0.2) is 29.4 Å². The average Bonchev–Trinajstić information content (AvgIpc) is 2.79. The fraction of sp³-hybridized carbons (Fsp3) is 0.462. The van der Waals surface area contributed by atoms with Crippen LogP contribution in [0.1, 0.15) is 31.2 Å². The Kier molecular flexibility index (Phi) is 4.23. The van der Waals surface area contributed by atoms with Gasteiger partial charge in [0.1, 0.15) is 12.8 Å². The molecule has 16 heavy (non-hydrogen) atoms. The van der Waals surface area contributed by atoms with Crippen LogP contribution in [-0.2, 0) is 11.4 Å². The maximum atomic E-state index is 5.99. The second-order valence-electron chi connectivity index (χ2n) is 4.07. The molecule has 1 aliphatic rings. The Morgan fingerprint density at radius 3 is 2.81 bits per heavy atom. The molecule has 0 amide bonds. The van der Waals surface area contributed by atoms with E-state index in [1.165, 1.54) is 25.7 Å². The second-order valence-corrected chi connectivity index (χ2v) is 4.47. The van der Waals surface area contributed by atoms with Crippen molar-refractivity contribution in [3.63, 3.8) is 0 Å². The lowest BCUT2D eigenvalue weighted by atomic mass is 10.1. The van der Waals surface area contributed by atoms with Gasteiger partial charge in [-0.25, -0.2) is 0 Å². The summed E-state index contributed by atoms with van der Waals surface area (Å²) in [7, 11) is 0. The minimum Gasteiger partial charge on any atom is -0.391 e. The first kappa shape index (κ1) is 11.5. The number of hydrogen-bond donors (Lipinski definition) is 0. The molecule has 85 valence electrons. The molecule has 0 spiro atoms. The molecule has 0 N–H and O–H groups in total. The van der Waals surface area contributed by atoms with Crippen molar-refractivity contribution in [3.05, 3.63) is 34.9 Å². The van der Waals surface area contributed by atoms with E-state index in [1.807, 2.05) is 24.3 Å². The summed E-state index contributed by atoms with van der Waals surface area (Å²) in [5.41, 5.74) is 0.959. The van der Waals surface area contributed by atoms with Crippen molar-refractivity contribution >= 4 is 17.8 Å². The molecule has 0 atom stereocenters. The largest absolute Gasteiger partial charge is 0.391 e. The molecule has 0 heterocycles. The number of hydrogen-bond acceptors (Lipinski definition) is 2. The number of halogens is 1. The van der Waals surface area contributed by atoms with Crippen molar-refractivity contribution in [2.75, 3.05) is 0 Å². The van der Waals surface area contributed by atoms with Crippen molar-refractivity contribution in [2.24, 2.45) is 11.1 Å². The van der Waals surface area contributed by atoms with Gasteiger partial charge in [-0.15, -0.1) is 0 Å². The van der Waals surface area contributed by atoms with Crippen LogP contribution in [0.5, 0.6) is 0 Å². The topological polar surface area (TPSA) is 21.6 Å². The van der Waals surface area contributed by atoms with Crippen LogP contribution in [-0.4, -0.2) is 6.21 Å². The van der Waals surface area contributed by atoms with Gasteiger partial charge >= 0.3 is 0 Å². The minimum absolute atomic E-state index is 0.416. The molecule has 0 aromatic heterocycles. The second kappa shape index (κ2) is 5.90. The van der Waals surface area contributed by atoms with Crippen molar-refractivity contribution in [2.45, 2.75) is 32.3 Å². The van der Waals surface area contributed by atoms with Gasteiger partial charge in [0.25, 0.3) is 0 Å². The van der Waals surface area contributed by atoms with Crippen LogP contribution in [0.2, 0.25) is 5.02 Å². The van der Waals surface area contributed by atoms with E-state index in [0.29, 0.717) is 12.5 Å². The van der Waals surface area contributed by atoms with Crippen molar-refractivity contribution < 1.29 is 4.84 Å². The fourth-order valence-electron chi connectivity index (χ4n) is 1.88. The normalized spacial score (nSPS) is 17.1. The summed E-state index contributed by atoms with van der Waals surface area (Å²) >= 11 is 5.99. The molecule has 0 saturated heterocycles. The lowest BCUT2D eigenvalue weighted by molar-refractivity contribution is 0.130. The maximum absolute atomic E-state index is 5.99. The van der Waals surface area contributed by atoms with Gasteiger partial charge in [0.05, 0.1) is 0 Å². The third kappa shape index (κ3) is 3.24. The maximum Gasteiger partial charge on any atom is 0.143 e. The molecule has 2 rings (SSSR count). The molecule has 3 heteroatoms. The third-order valence-corrected chi connectivity index (χ3v) is 3.20. The van der Waals surface area contributed by atoms with Gasteiger partial charge in [-0.1, -0.05) is 47.8 Å². The monoisotopic (exact) mass is 236 g/mol. The first-order chi connectivity index (χ1) is 7.86. The first-order valence-corrected chi connectivity index (χ1v) is 6.05. The van der Waals surface area contributed by atoms with E-state index in [4.69, 9.17) is 16.4 Å². The Morgan fingerprint density at radius 1 is 1.31 bits per heavy atom. The molecule has 1 radical (unpaired) electrons. The van der Waals surface area contributed by atoms with Crippen LogP contribution in [0.3, 0.4) is 0 Å². The lowest BCUT2D eigenvalue weighted by Gasteiger charge is -2.02. The van der Waals surface area contributed by atoms with Gasteiger partial charge in [-0.2, -0.15) is 0 Å². The SMILES string of the molecule is Clc1ccccc1CO/N=[C]\C1CCCC1. The van der Waals surface area contributed by atoms with E-state index in [1.54, 1.807) is 0 Å². The van der Waals surface area contributed by atoms with Crippen LogP contribution < -0.4 is 0 Å². The molecular weight excluding hydrogens is 222 g/mol. The Bertz CT molecular complexity index is 359. The summed E-state index contributed by atoms with van der Waals surface area (Å²) in [6.07, 6.45) is 8.00. The molecule has 1 aliphatic carbocycles. The van der Waals surface area contributed by atoms with Gasteiger partial charge in [0.15, 0.2) is 0 Å². The minimum atomic E-state index is 0.416. The molecule has 1 aromatic rings. The summed E-state index contributed by atoms with van der Waals surface area (Å²) in [5.74, 6) is 0.492. The van der Waals surface area contributed by atoms with Crippen molar-refractivity contribution in [3.8, 4) is 0 Å². The lowest BCUT2D eigenvalue weighted by Crippen LogP contribution is -1.95. The summed E-state index contributed by atoms with van der Waals surface area (Å²) in [4.78, 5) is 5.19. The summed E-state index contributed by atoms with van der Waals surface area (Å²) in [6, 6.07) is 7.63. The molecule has 0 unspecified atom stereocenters. The van der Waals surface area contributed by atoms with Crippen molar-refractivity contribution in [1.29, 1.82) is 0 Å². The van der Waals surface area contributed by atoms with E-state index in [0.717, 1.165) is 10.6 Å². The van der Waals surface area contributed by atoms with Gasteiger partial charge in [0.2, 0.25) is 0 Å². The number of rotatable bonds is 4. The van der Waals surface area contributed by atoms with E-state index >= 15 is 0 Å². The Hall–Kier alpha value is -1.02. The van der Waals surface area contributed by atoms with Crippen LogP contribution in [0.25, 0.3) is 0 Å². The Balaban J connectivity index is 1.77. The fourth-order valence-corrected chi connectivity index (χ4v) is 2.07. The van der Waals surface area contributed by atoms with Crippen LogP contribution >= 0.6 is 11.6 Å². The van der Waals surface area contributed by atoms with E-state index in [-0.39, 0.29) is 0 Å². The van der Waals surface area contributed by atoms with E-state index < -0.39 is 0 Å². The average molecular weight is 237 g/mol. The number of benzene rings is 1. The quantitative estimate of drug-likeness (QED) is 0.574. The molecule has 1 saturated carbocycles. The van der Waals surface area contributed by atoms with Crippen LogP contribution in [0, 0.1) is 5.92 Å². The molecule has 1 fully saturated rings. The molecule has 0 bridgehead atoms. The van der Waals surface area contributed by atoms with Crippen LogP contribution in [0.4, 0.5) is 0 Å². The summed E-state index contributed by atoms with van der Waals surface area (Å²) in [6.45, 7) is 0.416. The summed E-state index contributed by atoms with van der Waals surface area (Å²) in [5, 5.41) is 4.60. The highest BCUT2D eigenvalue weighted by Crippen LogP contribution is 2.23. The number of nitrogens with zero attached hydrogens (tertiary/aromatic N) is 1. The zero-order valence-corrected chi connectivity index (χ0v) is 9.91. The Labute approximate surface area is 101 Å². The molecule has 0 aliphatic heterocycles. The molecule has 1 aromatic carbocycles.